The van der Waals surface area contributed by atoms with E-state index < -0.39 is 0 Å². The number of aromatic nitrogens is 2. The van der Waals surface area contributed by atoms with E-state index in [-0.39, 0.29) is 0 Å². The number of hydrogen-bond donors (Lipinski definition) is 1. The molecular formula is C11H16N4S. The van der Waals surface area contributed by atoms with Gasteiger partial charge in [-0.05, 0) is 18.9 Å². The molecule has 0 bridgehead atoms. The highest BCUT2D eigenvalue weighted by Crippen LogP contribution is 2.16. The average Bonchev–Trinajstić information content (AvgIpc) is 2.38. The largest absolute Gasteiger partial charge is 0.362 e. The molecule has 0 saturated carbocycles. The maximum atomic E-state index is 4.53. The predicted molar refractivity (Wildman–Crippen MR) is 67.5 cm³/mol. The quantitative estimate of drug-likeness (QED) is 0.870. The number of thioether (sulfide) groups is 1. The fourth-order valence-electron chi connectivity index (χ4n) is 1.55. The summed E-state index contributed by atoms with van der Waals surface area (Å²) in [5.74, 6) is 1.16. The Kier molecular flexibility index (Phi) is 4.16. The van der Waals surface area contributed by atoms with Crippen LogP contribution in [0.3, 0.4) is 0 Å². The first-order valence-electron chi connectivity index (χ1n) is 5.57. The van der Waals surface area contributed by atoms with Crippen LogP contribution in [-0.4, -0.2) is 26.9 Å². The van der Waals surface area contributed by atoms with E-state index in [2.05, 4.69) is 27.2 Å². The van der Waals surface area contributed by atoms with E-state index in [4.69, 9.17) is 0 Å². The van der Waals surface area contributed by atoms with Crippen molar-refractivity contribution >= 4 is 16.9 Å². The molecule has 0 aliphatic carbocycles. The summed E-state index contributed by atoms with van der Waals surface area (Å²) in [6.07, 6.45) is 5.70. The lowest BCUT2D eigenvalue weighted by Crippen LogP contribution is -2.37. The smallest absolute Gasteiger partial charge is 0.157 e. The van der Waals surface area contributed by atoms with Crippen LogP contribution in [0.5, 0.6) is 0 Å². The standard InChI is InChI=1S/C11H16N4S/c1-2-9-4-6-16-11(15-9)13-7-10-3-5-12-8-14-10/h3,5,8-9H,2,4,6-7H2,1H3,(H,13,15). The highest BCUT2D eigenvalue weighted by Gasteiger charge is 2.15. The molecule has 1 aromatic heterocycles. The molecule has 2 heterocycles. The van der Waals surface area contributed by atoms with Gasteiger partial charge in [0.1, 0.15) is 6.33 Å². The maximum Gasteiger partial charge on any atom is 0.157 e. The number of aliphatic imine (C=N–C) groups is 1. The molecule has 86 valence electrons. The van der Waals surface area contributed by atoms with Crippen molar-refractivity contribution in [3.63, 3.8) is 0 Å². The van der Waals surface area contributed by atoms with Crippen LogP contribution in [0, 0.1) is 0 Å². The number of rotatable bonds is 3. The van der Waals surface area contributed by atoms with Gasteiger partial charge in [-0.25, -0.2) is 9.97 Å². The molecule has 4 nitrogen and oxygen atoms in total. The highest BCUT2D eigenvalue weighted by molar-refractivity contribution is 8.13. The molecule has 1 aliphatic rings. The predicted octanol–water partition coefficient (Wildman–Crippen LogP) is 1.84. The summed E-state index contributed by atoms with van der Waals surface area (Å²) in [6, 6.07) is 2.49. The van der Waals surface area contributed by atoms with Crippen molar-refractivity contribution in [2.45, 2.75) is 32.4 Å². The molecule has 1 N–H and O–H groups in total. The zero-order chi connectivity index (χ0) is 11.2. The third-order valence-electron chi connectivity index (χ3n) is 2.55. The molecule has 2 rings (SSSR count). The van der Waals surface area contributed by atoms with Crippen LogP contribution in [0.25, 0.3) is 0 Å². The summed E-state index contributed by atoms with van der Waals surface area (Å²) in [7, 11) is 0. The maximum absolute atomic E-state index is 4.53. The van der Waals surface area contributed by atoms with Crippen molar-refractivity contribution < 1.29 is 0 Å². The molecule has 0 amide bonds. The molecule has 1 unspecified atom stereocenters. The second-order valence-corrected chi connectivity index (χ2v) is 4.79. The Balaban J connectivity index is 1.92. The summed E-state index contributed by atoms with van der Waals surface area (Å²) in [5, 5.41) is 4.50. The van der Waals surface area contributed by atoms with E-state index in [1.54, 1.807) is 24.3 Å². The molecule has 1 aliphatic heterocycles. The topological polar surface area (TPSA) is 50.2 Å². The van der Waals surface area contributed by atoms with Crippen LogP contribution in [0.15, 0.2) is 23.6 Å². The van der Waals surface area contributed by atoms with Gasteiger partial charge in [-0.3, -0.25) is 4.99 Å². The summed E-state index contributed by atoms with van der Waals surface area (Å²) < 4.78 is 0. The molecule has 0 aromatic carbocycles. The molecule has 1 aromatic rings. The number of amidine groups is 1. The Hall–Kier alpha value is -1.10. The third kappa shape index (κ3) is 3.20. The Labute approximate surface area is 100.0 Å². The highest BCUT2D eigenvalue weighted by atomic mass is 32.2. The number of hydrogen-bond acceptors (Lipinski definition) is 4. The van der Waals surface area contributed by atoms with E-state index >= 15 is 0 Å². The normalized spacial score (nSPS) is 23.1. The number of nitrogens with zero attached hydrogens (tertiary/aromatic N) is 3. The minimum atomic E-state index is 0.588. The van der Waals surface area contributed by atoms with Gasteiger partial charge < -0.3 is 5.32 Å². The van der Waals surface area contributed by atoms with Gasteiger partial charge in [0.2, 0.25) is 0 Å². The molecule has 16 heavy (non-hydrogen) atoms. The lowest BCUT2D eigenvalue weighted by molar-refractivity contribution is 0.570. The van der Waals surface area contributed by atoms with Crippen LogP contribution in [0.1, 0.15) is 25.5 Å². The zero-order valence-electron chi connectivity index (χ0n) is 9.39. The lowest BCUT2D eigenvalue weighted by atomic mass is 10.2. The molecule has 1 atom stereocenters. The van der Waals surface area contributed by atoms with Crippen molar-refractivity contribution in [1.82, 2.24) is 15.3 Å². The summed E-state index contributed by atoms with van der Waals surface area (Å²) in [5.41, 5.74) is 0.962. The van der Waals surface area contributed by atoms with Gasteiger partial charge in [0.15, 0.2) is 5.17 Å². The first-order chi connectivity index (χ1) is 7.88. The minimum absolute atomic E-state index is 0.588. The van der Waals surface area contributed by atoms with Gasteiger partial charge in [-0.1, -0.05) is 18.7 Å². The van der Waals surface area contributed by atoms with E-state index in [1.807, 2.05) is 6.07 Å². The fraction of sp³-hybridized carbons (Fsp3) is 0.545. The van der Waals surface area contributed by atoms with Crippen molar-refractivity contribution in [2.24, 2.45) is 4.99 Å². The van der Waals surface area contributed by atoms with Gasteiger partial charge in [0.25, 0.3) is 0 Å². The monoisotopic (exact) mass is 236 g/mol. The van der Waals surface area contributed by atoms with Crippen molar-refractivity contribution in [1.29, 1.82) is 0 Å². The summed E-state index contributed by atoms with van der Waals surface area (Å²) >= 11 is 1.80. The van der Waals surface area contributed by atoms with Crippen LogP contribution in [0.4, 0.5) is 0 Å². The Morgan fingerprint density at radius 1 is 1.62 bits per heavy atom. The molecule has 5 heteroatoms. The second kappa shape index (κ2) is 5.84. The van der Waals surface area contributed by atoms with Crippen molar-refractivity contribution in [3.05, 3.63) is 24.3 Å². The zero-order valence-corrected chi connectivity index (χ0v) is 10.2. The average molecular weight is 236 g/mol. The Morgan fingerprint density at radius 3 is 3.31 bits per heavy atom. The molecule has 1 saturated heterocycles. The molecule has 0 spiro atoms. The third-order valence-corrected chi connectivity index (χ3v) is 3.51. The van der Waals surface area contributed by atoms with Crippen molar-refractivity contribution in [2.75, 3.05) is 5.75 Å². The van der Waals surface area contributed by atoms with E-state index in [1.165, 1.54) is 6.42 Å². The lowest BCUT2D eigenvalue weighted by Gasteiger charge is -2.24. The second-order valence-electron chi connectivity index (χ2n) is 3.71. The minimum Gasteiger partial charge on any atom is -0.362 e. The van der Waals surface area contributed by atoms with E-state index in [9.17, 15) is 0 Å². The van der Waals surface area contributed by atoms with Crippen LogP contribution < -0.4 is 5.32 Å². The summed E-state index contributed by atoms with van der Waals surface area (Å²) in [4.78, 5) is 12.6. The first-order valence-corrected chi connectivity index (χ1v) is 6.55. The Morgan fingerprint density at radius 2 is 2.56 bits per heavy atom. The van der Waals surface area contributed by atoms with Crippen LogP contribution >= 0.6 is 11.8 Å². The van der Waals surface area contributed by atoms with Gasteiger partial charge in [0.05, 0.1) is 12.2 Å². The van der Waals surface area contributed by atoms with E-state index in [0.717, 1.165) is 23.0 Å². The number of nitrogens with one attached hydrogen (secondary N) is 1. The van der Waals surface area contributed by atoms with Gasteiger partial charge in [-0.2, -0.15) is 0 Å². The van der Waals surface area contributed by atoms with Gasteiger partial charge in [-0.15, -0.1) is 0 Å². The first kappa shape index (κ1) is 11.4. The molecule has 0 radical (unpaired) electrons. The van der Waals surface area contributed by atoms with E-state index in [0.29, 0.717) is 12.6 Å². The summed E-state index contributed by atoms with van der Waals surface area (Å²) in [6.45, 7) is 2.84. The fourth-order valence-corrected chi connectivity index (χ4v) is 2.55. The van der Waals surface area contributed by atoms with Crippen molar-refractivity contribution in [3.8, 4) is 0 Å². The SMILES string of the molecule is CCC1CCSC(=NCc2ccncn2)N1. The van der Waals surface area contributed by atoms with Crippen LogP contribution in [0.2, 0.25) is 0 Å². The van der Waals surface area contributed by atoms with Gasteiger partial charge >= 0.3 is 0 Å². The van der Waals surface area contributed by atoms with Crippen LogP contribution in [-0.2, 0) is 6.54 Å². The molecular weight excluding hydrogens is 220 g/mol. The molecule has 1 fully saturated rings. The van der Waals surface area contributed by atoms with Gasteiger partial charge in [0, 0.05) is 18.0 Å². The Bertz CT molecular complexity index is 352.